The molecule has 2 N–H and O–H groups in total. The molecule has 0 saturated carbocycles. The minimum Gasteiger partial charge on any atom is -0.422 e. The number of benzene rings is 1. The Balaban J connectivity index is 2.23. The number of ether oxygens (including phenoxy) is 1. The molecule has 1 heterocycles. The highest BCUT2D eigenvalue weighted by atomic mass is 79.9. The molecule has 2 aromatic rings. The van der Waals surface area contributed by atoms with Crippen LogP contribution < -0.4 is 10.5 Å². The summed E-state index contributed by atoms with van der Waals surface area (Å²) >= 11 is 3.25. The summed E-state index contributed by atoms with van der Waals surface area (Å²) in [7, 11) is 0. The van der Waals surface area contributed by atoms with Crippen LogP contribution in [0, 0.1) is 6.92 Å². The molecule has 0 aliphatic rings. The Morgan fingerprint density at radius 3 is 2.56 bits per heavy atom. The first-order chi connectivity index (χ1) is 7.65. The van der Waals surface area contributed by atoms with Gasteiger partial charge in [0.25, 0.3) is 0 Å². The van der Waals surface area contributed by atoms with Crippen molar-refractivity contribution in [2.75, 3.05) is 5.73 Å². The van der Waals surface area contributed by atoms with E-state index in [2.05, 4.69) is 25.9 Å². The minimum absolute atomic E-state index is 0.277. The van der Waals surface area contributed by atoms with Crippen LogP contribution in [0.3, 0.4) is 0 Å². The fourth-order valence-corrected chi connectivity index (χ4v) is 1.42. The second-order valence-electron chi connectivity index (χ2n) is 3.33. The largest absolute Gasteiger partial charge is 0.422 e. The first-order valence-electron chi connectivity index (χ1n) is 4.66. The van der Waals surface area contributed by atoms with Gasteiger partial charge in [-0.25, -0.2) is 9.97 Å². The van der Waals surface area contributed by atoms with Gasteiger partial charge in [-0.2, -0.15) is 0 Å². The first kappa shape index (κ1) is 10.9. The number of nitrogen functional groups attached to an aromatic ring is 1. The SMILES string of the molecule is Cc1ccc(Oc2ncc(Br)cn2)c(N)c1. The second-order valence-corrected chi connectivity index (χ2v) is 4.24. The molecule has 0 spiro atoms. The molecule has 0 unspecified atom stereocenters. The van der Waals surface area contributed by atoms with Crippen molar-refractivity contribution in [2.24, 2.45) is 0 Å². The van der Waals surface area contributed by atoms with Gasteiger partial charge in [0.2, 0.25) is 0 Å². The van der Waals surface area contributed by atoms with E-state index in [1.807, 2.05) is 19.1 Å². The van der Waals surface area contributed by atoms with Crippen molar-refractivity contribution in [3.8, 4) is 11.8 Å². The molecule has 1 aromatic carbocycles. The number of nitrogens with two attached hydrogens (primary N) is 1. The number of rotatable bonds is 2. The van der Waals surface area contributed by atoms with Crippen LogP contribution in [0.1, 0.15) is 5.56 Å². The molecular formula is C11H10BrN3O. The van der Waals surface area contributed by atoms with Gasteiger partial charge < -0.3 is 10.5 Å². The molecule has 0 fully saturated rings. The van der Waals surface area contributed by atoms with Gasteiger partial charge in [-0.15, -0.1) is 0 Å². The Hall–Kier alpha value is -1.62. The van der Waals surface area contributed by atoms with Crippen LogP contribution >= 0.6 is 15.9 Å². The summed E-state index contributed by atoms with van der Waals surface area (Å²) in [5, 5.41) is 0. The van der Waals surface area contributed by atoms with E-state index < -0.39 is 0 Å². The number of hydrogen-bond acceptors (Lipinski definition) is 4. The van der Waals surface area contributed by atoms with E-state index in [1.165, 1.54) is 0 Å². The average Bonchev–Trinajstić information content (AvgIpc) is 2.25. The maximum atomic E-state index is 5.81. The Morgan fingerprint density at radius 2 is 1.94 bits per heavy atom. The Kier molecular flexibility index (Phi) is 3.05. The first-order valence-corrected chi connectivity index (χ1v) is 5.46. The summed E-state index contributed by atoms with van der Waals surface area (Å²) in [6, 6.07) is 5.84. The number of anilines is 1. The summed E-state index contributed by atoms with van der Waals surface area (Å²) in [5.41, 5.74) is 7.47. The molecule has 0 aliphatic heterocycles. The normalized spacial score (nSPS) is 10.1. The van der Waals surface area contributed by atoms with Gasteiger partial charge in [-0.05, 0) is 40.5 Å². The van der Waals surface area contributed by atoms with Crippen LogP contribution in [0.2, 0.25) is 0 Å². The Bertz CT molecular complexity index is 499. The fraction of sp³-hybridized carbons (Fsp3) is 0.0909. The van der Waals surface area contributed by atoms with Gasteiger partial charge in [0.15, 0.2) is 5.75 Å². The lowest BCUT2D eigenvalue weighted by Crippen LogP contribution is -1.95. The lowest BCUT2D eigenvalue weighted by Gasteiger charge is -2.06. The molecule has 0 bridgehead atoms. The average molecular weight is 280 g/mol. The highest BCUT2D eigenvalue weighted by Crippen LogP contribution is 2.26. The molecule has 82 valence electrons. The van der Waals surface area contributed by atoms with Crippen LogP contribution in [0.4, 0.5) is 5.69 Å². The predicted molar refractivity (Wildman–Crippen MR) is 65.4 cm³/mol. The molecule has 4 nitrogen and oxygen atoms in total. The Labute approximate surface area is 102 Å². The maximum Gasteiger partial charge on any atom is 0.322 e. The molecule has 0 amide bonds. The molecule has 0 saturated heterocycles. The quantitative estimate of drug-likeness (QED) is 0.859. The zero-order valence-corrected chi connectivity index (χ0v) is 10.2. The molecular weight excluding hydrogens is 270 g/mol. The van der Waals surface area contributed by atoms with E-state index in [-0.39, 0.29) is 6.01 Å². The lowest BCUT2D eigenvalue weighted by atomic mass is 10.2. The zero-order chi connectivity index (χ0) is 11.5. The lowest BCUT2D eigenvalue weighted by molar-refractivity contribution is 0.443. The van der Waals surface area contributed by atoms with Crippen molar-refractivity contribution in [3.63, 3.8) is 0 Å². The highest BCUT2D eigenvalue weighted by molar-refractivity contribution is 9.10. The summed E-state index contributed by atoms with van der Waals surface area (Å²) in [6.07, 6.45) is 3.24. The van der Waals surface area contributed by atoms with E-state index >= 15 is 0 Å². The smallest absolute Gasteiger partial charge is 0.322 e. The second kappa shape index (κ2) is 4.49. The van der Waals surface area contributed by atoms with E-state index in [4.69, 9.17) is 10.5 Å². The van der Waals surface area contributed by atoms with Gasteiger partial charge in [0.1, 0.15) is 0 Å². The van der Waals surface area contributed by atoms with E-state index in [0.29, 0.717) is 11.4 Å². The monoisotopic (exact) mass is 279 g/mol. The van der Waals surface area contributed by atoms with Gasteiger partial charge in [0.05, 0.1) is 10.2 Å². The van der Waals surface area contributed by atoms with E-state index in [0.717, 1.165) is 10.0 Å². The third-order valence-corrected chi connectivity index (χ3v) is 2.37. The summed E-state index contributed by atoms with van der Waals surface area (Å²) in [6.45, 7) is 1.97. The molecule has 0 aliphatic carbocycles. The van der Waals surface area contributed by atoms with E-state index in [9.17, 15) is 0 Å². The van der Waals surface area contributed by atoms with E-state index in [1.54, 1.807) is 18.5 Å². The van der Waals surface area contributed by atoms with Gasteiger partial charge in [-0.1, -0.05) is 6.07 Å². The predicted octanol–water partition coefficient (Wildman–Crippen LogP) is 2.92. The van der Waals surface area contributed by atoms with Crippen LogP contribution in [0.15, 0.2) is 35.1 Å². The fourth-order valence-electron chi connectivity index (χ4n) is 1.21. The van der Waals surface area contributed by atoms with Gasteiger partial charge in [-0.3, -0.25) is 0 Å². The summed E-state index contributed by atoms with van der Waals surface area (Å²) < 4.78 is 6.25. The maximum absolute atomic E-state index is 5.81. The molecule has 0 radical (unpaired) electrons. The Morgan fingerprint density at radius 1 is 1.25 bits per heavy atom. The van der Waals surface area contributed by atoms with Gasteiger partial charge >= 0.3 is 6.01 Å². The van der Waals surface area contributed by atoms with Crippen LogP contribution in [0.5, 0.6) is 11.8 Å². The molecule has 5 heteroatoms. The number of hydrogen-bond donors (Lipinski definition) is 1. The minimum atomic E-state index is 0.277. The third-order valence-electron chi connectivity index (χ3n) is 1.96. The number of aryl methyl sites for hydroxylation is 1. The molecule has 1 aromatic heterocycles. The van der Waals surface area contributed by atoms with Crippen LogP contribution in [-0.4, -0.2) is 9.97 Å². The van der Waals surface area contributed by atoms with Crippen molar-refractivity contribution < 1.29 is 4.74 Å². The van der Waals surface area contributed by atoms with Crippen molar-refractivity contribution in [2.45, 2.75) is 6.92 Å². The summed E-state index contributed by atoms with van der Waals surface area (Å²) in [4.78, 5) is 8.00. The van der Waals surface area contributed by atoms with Crippen molar-refractivity contribution in [1.29, 1.82) is 0 Å². The molecule has 0 atom stereocenters. The van der Waals surface area contributed by atoms with Crippen molar-refractivity contribution in [1.82, 2.24) is 9.97 Å². The zero-order valence-electron chi connectivity index (χ0n) is 8.64. The number of halogens is 1. The van der Waals surface area contributed by atoms with Crippen molar-refractivity contribution in [3.05, 3.63) is 40.6 Å². The highest BCUT2D eigenvalue weighted by Gasteiger charge is 2.04. The van der Waals surface area contributed by atoms with Crippen LogP contribution in [-0.2, 0) is 0 Å². The number of aromatic nitrogens is 2. The standard InChI is InChI=1S/C11H10BrN3O/c1-7-2-3-10(9(13)4-7)16-11-14-5-8(12)6-15-11/h2-6H,13H2,1H3. The molecule has 2 rings (SSSR count). The molecule has 16 heavy (non-hydrogen) atoms. The topological polar surface area (TPSA) is 61.0 Å². The number of nitrogens with zero attached hydrogens (tertiary/aromatic N) is 2. The van der Waals surface area contributed by atoms with Gasteiger partial charge in [0, 0.05) is 12.4 Å². The summed E-state index contributed by atoms with van der Waals surface area (Å²) in [5.74, 6) is 0.563. The van der Waals surface area contributed by atoms with Crippen molar-refractivity contribution >= 4 is 21.6 Å². The van der Waals surface area contributed by atoms with Crippen LogP contribution in [0.25, 0.3) is 0 Å². The third kappa shape index (κ3) is 2.49.